The average Bonchev–Trinajstić information content (AvgIpc) is 2.56. The number of ether oxygens (including phenoxy) is 1. The number of nitrogens with zero attached hydrogens (tertiary/aromatic N) is 2. The molecule has 0 bridgehead atoms. The first-order valence-corrected chi connectivity index (χ1v) is 7.07. The van der Waals surface area contributed by atoms with Crippen LogP contribution in [0.4, 0.5) is 4.39 Å². The second kappa shape index (κ2) is 6.00. The lowest BCUT2D eigenvalue weighted by Gasteiger charge is -2.13. The van der Waals surface area contributed by atoms with E-state index in [-0.39, 0.29) is 18.1 Å². The lowest BCUT2D eigenvalue weighted by molar-refractivity contribution is 0.0508. The summed E-state index contributed by atoms with van der Waals surface area (Å²) in [7, 11) is 0. The Labute approximate surface area is 131 Å². The first kappa shape index (κ1) is 14.9. The van der Waals surface area contributed by atoms with E-state index in [0.29, 0.717) is 10.9 Å². The normalized spacial score (nSPS) is 10.7. The molecule has 0 amide bonds. The number of carbonyl (C=O) groups is 1. The molecule has 0 spiro atoms. The van der Waals surface area contributed by atoms with Gasteiger partial charge in [-0.2, -0.15) is 0 Å². The van der Waals surface area contributed by atoms with Crippen LogP contribution >= 0.6 is 0 Å². The number of benzene rings is 2. The van der Waals surface area contributed by atoms with Crippen LogP contribution in [0.25, 0.3) is 16.6 Å². The van der Waals surface area contributed by atoms with Gasteiger partial charge in [0.1, 0.15) is 5.82 Å². The number of aromatic nitrogens is 2. The van der Waals surface area contributed by atoms with Crippen molar-refractivity contribution >= 4 is 16.9 Å². The molecule has 23 heavy (non-hydrogen) atoms. The number of fused-ring (bicyclic) bond motifs is 1. The van der Waals surface area contributed by atoms with E-state index >= 15 is 0 Å². The maximum absolute atomic E-state index is 14.1. The zero-order valence-corrected chi connectivity index (χ0v) is 12.3. The Morgan fingerprint density at radius 2 is 1.87 bits per heavy atom. The van der Waals surface area contributed by atoms with Crippen molar-refractivity contribution < 1.29 is 13.9 Å². The molecule has 0 atom stereocenters. The summed E-state index contributed by atoms with van der Waals surface area (Å²) >= 11 is 0. The van der Waals surface area contributed by atoms with Crippen LogP contribution in [0, 0.1) is 5.82 Å². The van der Waals surface area contributed by atoms with E-state index in [0.717, 1.165) is 4.57 Å². The fourth-order valence-electron chi connectivity index (χ4n) is 2.32. The first-order chi connectivity index (χ1) is 11.1. The minimum atomic E-state index is -0.779. The summed E-state index contributed by atoms with van der Waals surface area (Å²) in [6, 6.07) is 12.3. The summed E-state index contributed by atoms with van der Waals surface area (Å²) in [5.41, 5.74) is -0.212. The van der Waals surface area contributed by atoms with Crippen LogP contribution < -0.4 is 5.56 Å². The predicted octanol–water partition coefficient (Wildman–Crippen LogP) is 2.70. The van der Waals surface area contributed by atoms with Crippen LogP contribution in [0.2, 0.25) is 0 Å². The van der Waals surface area contributed by atoms with Crippen LogP contribution in [0.3, 0.4) is 0 Å². The van der Waals surface area contributed by atoms with Gasteiger partial charge in [0.25, 0.3) is 5.56 Å². The number of hydrogen-bond donors (Lipinski definition) is 0. The summed E-state index contributed by atoms with van der Waals surface area (Å²) in [6.07, 6.45) is 0. The van der Waals surface area contributed by atoms with Gasteiger partial charge in [0.2, 0.25) is 5.82 Å². The molecule has 0 N–H and O–H groups in total. The molecule has 0 saturated carbocycles. The van der Waals surface area contributed by atoms with Crippen molar-refractivity contribution in [3.8, 4) is 5.69 Å². The largest absolute Gasteiger partial charge is 0.460 e. The van der Waals surface area contributed by atoms with Gasteiger partial charge in [0.15, 0.2) is 0 Å². The van der Waals surface area contributed by atoms with Gasteiger partial charge < -0.3 is 4.74 Å². The number of para-hydroxylation sites is 2. The number of esters is 1. The average molecular weight is 312 g/mol. The van der Waals surface area contributed by atoms with Crippen molar-refractivity contribution in [2.24, 2.45) is 0 Å². The summed E-state index contributed by atoms with van der Waals surface area (Å²) in [5, 5.41) is 0.295. The third-order valence-corrected chi connectivity index (χ3v) is 3.33. The SMILES string of the molecule is CCOC(=O)c1nc2ccccc2c(=O)n1-c1ccccc1F. The van der Waals surface area contributed by atoms with Gasteiger partial charge >= 0.3 is 5.97 Å². The second-order valence-corrected chi connectivity index (χ2v) is 4.77. The Kier molecular flexibility index (Phi) is 3.89. The molecule has 0 radical (unpaired) electrons. The minimum absolute atomic E-state index is 0.0428. The van der Waals surface area contributed by atoms with E-state index in [1.807, 2.05) is 0 Å². The molecule has 0 aliphatic carbocycles. The number of rotatable bonds is 3. The molecule has 0 fully saturated rings. The van der Waals surface area contributed by atoms with Gasteiger partial charge in [0, 0.05) is 0 Å². The van der Waals surface area contributed by atoms with Crippen LogP contribution in [-0.4, -0.2) is 22.1 Å². The van der Waals surface area contributed by atoms with E-state index < -0.39 is 17.3 Å². The molecule has 116 valence electrons. The third kappa shape index (κ3) is 2.59. The molecule has 0 aliphatic rings. The predicted molar refractivity (Wildman–Crippen MR) is 83.3 cm³/mol. The molecule has 3 aromatic rings. The minimum Gasteiger partial charge on any atom is -0.460 e. The fourth-order valence-corrected chi connectivity index (χ4v) is 2.32. The van der Waals surface area contributed by atoms with Crippen molar-refractivity contribution in [1.82, 2.24) is 9.55 Å². The van der Waals surface area contributed by atoms with Crippen LogP contribution in [0.1, 0.15) is 17.5 Å². The highest BCUT2D eigenvalue weighted by Crippen LogP contribution is 2.16. The maximum atomic E-state index is 14.1. The van der Waals surface area contributed by atoms with Gasteiger partial charge in [-0.25, -0.2) is 14.2 Å². The highest BCUT2D eigenvalue weighted by atomic mass is 19.1. The van der Waals surface area contributed by atoms with Gasteiger partial charge in [-0.05, 0) is 31.2 Å². The lowest BCUT2D eigenvalue weighted by atomic mass is 10.2. The molecule has 6 heteroatoms. The third-order valence-electron chi connectivity index (χ3n) is 3.33. The van der Waals surface area contributed by atoms with E-state index in [1.165, 1.54) is 18.2 Å². The summed E-state index contributed by atoms with van der Waals surface area (Å²) < 4.78 is 20.0. The molecule has 0 aliphatic heterocycles. The van der Waals surface area contributed by atoms with Crippen LogP contribution in [-0.2, 0) is 4.74 Å². The molecule has 3 rings (SSSR count). The van der Waals surface area contributed by atoms with Crippen LogP contribution in [0.15, 0.2) is 53.3 Å². The van der Waals surface area contributed by atoms with E-state index in [1.54, 1.807) is 37.3 Å². The highest BCUT2D eigenvalue weighted by Gasteiger charge is 2.21. The zero-order chi connectivity index (χ0) is 16.4. The van der Waals surface area contributed by atoms with Crippen molar-refractivity contribution in [3.63, 3.8) is 0 Å². The fraction of sp³-hybridized carbons (Fsp3) is 0.118. The molecule has 0 unspecified atom stereocenters. The monoisotopic (exact) mass is 312 g/mol. The summed E-state index contributed by atoms with van der Waals surface area (Å²) in [4.78, 5) is 29.1. The Bertz CT molecular complexity index is 950. The Hall–Kier alpha value is -3.02. The Morgan fingerprint density at radius 3 is 2.61 bits per heavy atom. The molecular formula is C17H13FN2O3. The number of carbonyl (C=O) groups excluding carboxylic acids is 1. The van der Waals surface area contributed by atoms with Gasteiger partial charge in [-0.3, -0.25) is 9.36 Å². The van der Waals surface area contributed by atoms with Crippen molar-refractivity contribution in [2.45, 2.75) is 6.92 Å². The van der Waals surface area contributed by atoms with Gasteiger partial charge in [0.05, 0.1) is 23.2 Å². The molecule has 2 aromatic carbocycles. The van der Waals surface area contributed by atoms with Crippen molar-refractivity contribution in [3.05, 3.63) is 70.5 Å². The highest BCUT2D eigenvalue weighted by molar-refractivity contribution is 5.89. The maximum Gasteiger partial charge on any atom is 0.375 e. The van der Waals surface area contributed by atoms with E-state index in [2.05, 4.69) is 4.98 Å². The molecule has 0 saturated heterocycles. The molecule has 1 heterocycles. The number of halogens is 1. The van der Waals surface area contributed by atoms with Gasteiger partial charge in [-0.1, -0.05) is 24.3 Å². The second-order valence-electron chi connectivity index (χ2n) is 4.77. The molecule has 5 nitrogen and oxygen atoms in total. The standard InChI is InChI=1S/C17H13FN2O3/c1-2-23-17(22)15-19-13-9-5-3-7-11(13)16(21)20(15)14-10-6-4-8-12(14)18/h3-10H,2H2,1H3. The smallest absolute Gasteiger partial charge is 0.375 e. The number of hydrogen-bond acceptors (Lipinski definition) is 4. The molecule has 1 aromatic heterocycles. The Morgan fingerprint density at radius 1 is 1.17 bits per heavy atom. The summed E-state index contributed by atoms with van der Waals surface area (Å²) in [5.74, 6) is -1.66. The van der Waals surface area contributed by atoms with Crippen molar-refractivity contribution in [2.75, 3.05) is 6.61 Å². The molecular weight excluding hydrogens is 299 g/mol. The quantitative estimate of drug-likeness (QED) is 0.698. The van der Waals surface area contributed by atoms with Crippen LogP contribution in [0.5, 0.6) is 0 Å². The first-order valence-electron chi connectivity index (χ1n) is 7.07. The lowest BCUT2D eigenvalue weighted by Crippen LogP contribution is -2.28. The van der Waals surface area contributed by atoms with Crippen molar-refractivity contribution in [1.29, 1.82) is 0 Å². The van der Waals surface area contributed by atoms with E-state index in [4.69, 9.17) is 4.74 Å². The Balaban J connectivity index is 2.40. The summed E-state index contributed by atoms with van der Waals surface area (Å²) in [6.45, 7) is 1.77. The topological polar surface area (TPSA) is 61.2 Å². The zero-order valence-electron chi connectivity index (χ0n) is 12.3. The van der Waals surface area contributed by atoms with E-state index in [9.17, 15) is 14.0 Å². The van der Waals surface area contributed by atoms with Gasteiger partial charge in [-0.15, -0.1) is 0 Å².